The first-order chi connectivity index (χ1) is 13.3. The lowest BCUT2D eigenvalue weighted by Crippen LogP contribution is -2.53. The molecule has 4 rings (SSSR count). The summed E-state index contributed by atoms with van der Waals surface area (Å²) in [6.45, 7) is 15.4. The molecule has 0 aromatic carbocycles. The van der Waals surface area contributed by atoms with Gasteiger partial charge >= 0.3 is 0 Å². The van der Waals surface area contributed by atoms with Gasteiger partial charge in [-0.05, 0) is 110 Å². The van der Waals surface area contributed by atoms with E-state index in [9.17, 15) is 0 Å². The first kappa shape index (κ1) is 21.2. The van der Waals surface area contributed by atoms with Gasteiger partial charge in [-0.15, -0.1) is 0 Å². The fraction of sp³-hybridized carbons (Fsp3) is 1.00. The molecule has 0 aromatic heterocycles. The van der Waals surface area contributed by atoms with E-state index in [4.69, 9.17) is 0 Å². The summed E-state index contributed by atoms with van der Waals surface area (Å²) in [6, 6.07) is 0. The highest BCUT2D eigenvalue weighted by molar-refractivity contribution is 5.09. The van der Waals surface area contributed by atoms with Crippen LogP contribution in [0.3, 0.4) is 0 Å². The summed E-state index contributed by atoms with van der Waals surface area (Å²) < 4.78 is 0. The van der Waals surface area contributed by atoms with Gasteiger partial charge in [0.15, 0.2) is 0 Å². The third-order valence-corrected chi connectivity index (χ3v) is 11.6. The Bertz CT molecular complexity index is 534. The van der Waals surface area contributed by atoms with E-state index in [1.807, 2.05) is 0 Å². The summed E-state index contributed by atoms with van der Waals surface area (Å²) in [5.41, 5.74) is 1.37. The number of fused-ring (bicyclic) bond motifs is 5. The molecule has 4 aliphatic rings. The molecule has 9 atom stereocenters. The van der Waals surface area contributed by atoms with E-state index in [-0.39, 0.29) is 0 Å². The van der Waals surface area contributed by atoms with Crippen LogP contribution in [0.5, 0.6) is 0 Å². The molecule has 0 heteroatoms. The molecule has 0 unspecified atom stereocenters. The lowest BCUT2D eigenvalue weighted by atomic mass is 9.44. The second-order valence-electron chi connectivity index (χ2n) is 12.9. The monoisotopic (exact) mass is 386 g/mol. The highest BCUT2D eigenvalue weighted by Gasteiger charge is 2.60. The maximum Gasteiger partial charge on any atom is -0.0264 e. The van der Waals surface area contributed by atoms with E-state index in [0.717, 1.165) is 47.3 Å². The lowest BCUT2D eigenvalue weighted by molar-refractivity contribution is -0.114. The van der Waals surface area contributed by atoms with Crippen molar-refractivity contribution in [3.63, 3.8) is 0 Å². The molecule has 0 heterocycles. The van der Waals surface area contributed by atoms with Crippen LogP contribution >= 0.6 is 0 Å². The summed E-state index contributed by atoms with van der Waals surface area (Å²) in [6.07, 6.45) is 18.4. The zero-order valence-corrected chi connectivity index (χ0v) is 20.1. The zero-order valence-electron chi connectivity index (χ0n) is 20.1. The number of hydrogen-bond acceptors (Lipinski definition) is 0. The van der Waals surface area contributed by atoms with Gasteiger partial charge in [0.2, 0.25) is 0 Å². The third kappa shape index (κ3) is 3.41. The van der Waals surface area contributed by atoms with Gasteiger partial charge in [0.25, 0.3) is 0 Å². The molecule has 4 fully saturated rings. The molecule has 0 nitrogen and oxygen atoms in total. The zero-order chi connectivity index (χ0) is 20.1. The Morgan fingerprint density at radius 2 is 1.46 bits per heavy atom. The minimum Gasteiger partial charge on any atom is -0.0625 e. The number of hydrogen-bond donors (Lipinski definition) is 0. The summed E-state index contributed by atoms with van der Waals surface area (Å²) in [5, 5.41) is 0. The van der Waals surface area contributed by atoms with E-state index in [1.54, 1.807) is 51.4 Å². The molecule has 0 aromatic rings. The molecule has 28 heavy (non-hydrogen) atoms. The van der Waals surface area contributed by atoms with Gasteiger partial charge in [0, 0.05) is 0 Å². The fourth-order valence-corrected chi connectivity index (χ4v) is 9.33. The smallest absolute Gasteiger partial charge is 0.0264 e. The Morgan fingerprint density at radius 1 is 0.714 bits per heavy atom. The molecule has 4 aliphatic carbocycles. The van der Waals surface area contributed by atoms with Crippen LogP contribution in [0.15, 0.2) is 0 Å². The second-order valence-corrected chi connectivity index (χ2v) is 12.9. The Labute approximate surface area is 177 Å². The molecule has 0 bridgehead atoms. The van der Waals surface area contributed by atoms with Crippen molar-refractivity contribution in [1.82, 2.24) is 0 Å². The molecule has 0 spiro atoms. The predicted octanol–water partition coefficient (Wildman–Crippen LogP) is 8.74. The van der Waals surface area contributed by atoms with E-state index < -0.39 is 0 Å². The average molecular weight is 387 g/mol. The van der Waals surface area contributed by atoms with Crippen LogP contribution in [-0.4, -0.2) is 0 Å². The van der Waals surface area contributed by atoms with E-state index in [1.165, 1.54) is 25.7 Å². The minimum absolute atomic E-state index is 0.666. The van der Waals surface area contributed by atoms with Crippen molar-refractivity contribution < 1.29 is 0 Å². The van der Waals surface area contributed by atoms with Crippen LogP contribution in [0.1, 0.15) is 119 Å². The highest BCUT2D eigenvalue weighted by atomic mass is 14.6. The molecule has 162 valence electrons. The Balaban J connectivity index is 1.46. The minimum atomic E-state index is 0.666. The largest absolute Gasteiger partial charge is 0.0625 e. The molecular formula is C28H50. The Hall–Kier alpha value is 0. The van der Waals surface area contributed by atoms with Crippen molar-refractivity contribution >= 4 is 0 Å². The third-order valence-electron chi connectivity index (χ3n) is 11.6. The molecule has 0 saturated heterocycles. The quantitative estimate of drug-likeness (QED) is 0.443. The van der Waals surface area contributed by atoms with Crippen LogP contribution in [0.4, 0.5) is 0 Å². The van der Waals surface area contributed by atoms with Crippen molar-refractivity contribution in [3.8, 4) is 0 Å². The van der Waals surface area contributed by atoms with Crippen LogP contribution in [0, 0.1) is 58.2 Å². The van der Waals surface area contributed by atoms with Crippen molar-refractivity contribution in [2.45, 2.75) is 119 Å². The Morgan fingerprint density at radius 3 is 2.21 bits per heavy atom. The van der Waals surface area contributed by atoms with Gasteiger partial charge in [-0.3, -0.25) is 0 Å². The summed E-state index contributed by atoms with van der Waals surface area (Å²) in [7, 11) is 0. The molecular weight excluding hydrogens is 336 g/mol. The maximum atomic E-state index is 2.75. The van der Waals surface area contributed by atoms with Crippen molar-refractivity contribution in [1.29, 1.82) is 0 Å². The van der Waals surface area contributed by atoms with Gasteiger partial charge < -0.3 is 0 Å². The molecule has 4 saturated carbocycles. The molecule has 0 amide bonds. The number of rotatable bonds is 5. The van der Waals surface area contributed by atoms with Gasteiger partial charge in [-0.25, -0.2) is 0 Å². The van der Waals surface area contributed by atoms with E-state index in [2.05, 4.69) is 41.5 Å². The topological polar surface area (TPSA) is 0 Å². The molecule has 0 N–H and O–H groups in total. The summed E-state index contributed by atoms with van der Waals surface area (Å²) in [5.74, 6) is 7.96. The van der Waals surface area contributed by atoms with E-state index in [0.29, 0.717) is 10.8 Å². The predicted molar refractivity (Wildman–Crippen MR) is 122 cm³/mol. The van der Waals surface area contributed by atoms with Gasteiger partial charge in [0.05, 0.1) is 0 Å². The maximum absolute atomic E-state index is 2.75. The summed E-state index contributed by atoms with van der Waals surface area (Å²) in [4.78, 5) is 0. The van der Waals surface area contributed by atoms with Crippen LogP contribution in [-0.2, 0) is 0 Å². The SMILES string of the molecule is CC(C)[C@H](C)CC[C@@H](C)[C@H]1CC[C@H]2[C@@H]3CC[C@@H]4CCCC[C@]4(C)[C@H]3CC[C@]12C. The Kier molecular flexibility index (Phi) is 6.01. The van der Waals surface area contributed by atoms with Gasteiger partial charge in [-0.2, -0.15) is 0 Å². The second kappa shape index (κ2) is 7.92. The first-order valence-corrected chi connectivity index (χ1v) is 13.3. The average Bonchev–Trinajstić information content (AvgIpc) is 3.02. The van der Waals surface area contributed by atoms with E-state index >= 15 is 0 Å². The molecule has 0 radical (unpaired) electrons. The van der Waals surface area contributed by atoms with Gasteiger partial charge in [0.1, 0.15) is 0 Å². The summed E-state index contributed by atoms with van der Waals surface area (Å²) >= 11 is 0. The first-order valence-electron chi connectivity index (χ1n) is 13.3. The van der Waals surface area contributed by atoms with Crippen molar-refractivity contribution in [2.24, 2.45) is 58.2 Å². The van der Waals surface area contributed by atoms with Gasteiger partial charge in [-0.1, -0.05) is 67.2 Å². The molecule has 0 aliphatic heterocycles. The van der Waals surface area contributed by atoms with Crippen molar-refractivity contribution in [3.05, 3.63) is 0 Å². The van der Waals surface area contributed by atoms with Crippen LogP contribution in [0.2, 0.25) is 0 Å². The van der Waals surface area contributed by atoms with Crippen LogP contribution in [0.25, 0.3) is 0 Å². The standard InChI is InChI=1S/C28H50/c1-19(2)20(3)10-11-21(4)24-14-15-25-23-13-12-22-9-7-8-17-27(22,5)26(23)16-18-28(24,25)6/h19-26H,7-18H2,1-6H3/t20-,21-,22+,23+,24-,25+,26+,27+,28-/m1/s1. The highest BCUT2D eigenvalue weighted by Crippen LogP contribution is 2.68. The normalized spacial score (nSPS) is 47.9. The van der Waals surface area contributed by atoms with Crippen molar-refractivity contribution in [2.75, 3.05) is 0 Å². The lowest BCUT2D eigenvalue weighted by Gasteiger charge is -2.61. The van der Waals surface area contributed by atoms with Crippen LogP contribution < -0.4 is 0 Å². The fourth-order valence-electron chi connectivity index (χ4n) is 9.33.